The van der Waals surface area contributed by atoms with Gasteiger partial charge >= 0.3 is 5.97 Å². The highest BCUT2D eigenvalue weighted by Crippen LogP contribution is 2.33. The standard InChI is InChI=1S/C18H15NO3/c19-22-18(21)17(20)16-10-4-3-9-15(16)14-11-5-7-12-6-1-2-8-13(12)14/h1-11,17,20H,19H2. The first-order valence-corrected chi connectivity index (χ1v) is 6.88. The van der Waals surface area contributed by atoms with Crippen LogP contribution < -0.4 is 5.90 Å². The zero-order valence-corrected chi connectivity index (χ0v) is 11.8. The number of hydrogen-bond acceptors (Lipinski definition) is 4. The first kappa shape index (κ1) is 14.3. The van der Waals surface area contributed by atoms with Crippen LogP contribution in [0, 0.1) is 0 Å². The molecule has 3 aromatic rings. The van der Waals surface area contributed by atoms with Crippen LogP contribution in [-0.4, -0.2) is 11.1 Å². The van der Waals surface area contributed by atoms with E-state index in [2.05, 4.69) is 4.84 Å². The van der Waals surface area contributed by atoms with E-state index < -0.39 is 12.1 Å². The van der Waals surface area contributed by atoms with Crippen molar-refractivity contribution < 1.29 is 14.7 Å². The summed E-state index contributed by atoms with van der Waals surface area (Å²) in [7, 11) is 0. The lowest BCUT2D eigenvalue weighted by molar-refractivity contribution is -0.154. The van der Waals surface area contributed by atoms with Gasteiger partial charge in [0, 0.05) is 0 Å². The van der Waals surface area contributed by atoms with Crippen LogP contribution in [0.1, 0.15) is 11.7 Å². The van der Waals surface area contributed by atoms with Gasteiger partial charge in [-0.1, -0.05) is 66.7 Å². The fourth-order valence-electron chi connectivity index (χ4n) is 2.63. The predicted octanol–water partition coefficient (Wildman–Crippen LogP) is 2.96. The van der Waals surface area contributed by atoms with Gasteiger partial charge in [-0.05, 0) is 27.5 Å². The summed E-state index contributed by atoms with van der Waals surface area (Å²) in [4.78, 5) is 15.7. The molecule has 22 heavy (non-hydrogen) atoms. The van der Waals surface area contributed by atoms with Crippen molar-refractivity contribution in [1.29, 1.82) is 0 Å². The van der Waals surface area contributed by atoms with Gasteiger partial charge in [-0.25, -0.2) is 4.79 Å². The van der Waals surface area contributed by atoms with Gasteiger partial charge in [0.2, 0.25) is 0 Å². The Balaban J connectivity index is 2.22. The van der Waals surface area contributed by atoms with Gasteiger partial charge in [-0.2, -0.15) is 5.90 Å². The lowest BCUT2D eigenvalue weighted by Gasteiger charge is -2.15. The normalized spacial score (nSPS) is 12.1. The van der Waals surface area contributed by atoms with Crippen LogP contribution in [0.3, 0.4) is 0 Å². The van der Waals surface area contributed by atoms with Gasteiger partial charge in [0.15, 0.2) is 6.10 Å². The molecule has 0 bridgehead atoms. The van der Waals surface area contributed by atoms with E-state index in [4.69, 9.17) is 5.90 Å². The van der Waals surface area contributed by atoms with Gasteiger partial charge in [-0.3, -0.25) is 0 Å². The highest BCUT2D eigenvalue weighted by molar-refractivity contribution is 5.98. The van der Waals surface area contributed by atoms with Gasteiger partial charge in [0.25, 0.3) is 0 Å². The molecular formula is C18H15NO3. The third-order valence-corrected chi connectivity index (χ3v) is 3.67. The molecule has 0 aliphatic rings. The minimum atomic E-state index is -1.42. The Kier molecular flexibility index (Phi) is 3.87. The van der Waals surface area contributed by atoms with Gasteiger partial charge in [-0.15, -0.1) is 0 Å². The summed E-state index contributed by atoms with van der Waals surface area (Å²) in [5.41, 5.74) is 2.18. The van der Waals surface area contributed by atoms with E-state index in [0.717, 1.165) is 21.9 Å². The lowest BCUT2D eigenvalue weighted by atomic mass is 9.92. The summed E-state index contributed by atoms with van der Waals surface area (Å²) < 4.78 is 0. The van der Waals surface area contributed by atoms with Crippen LogP contribution in [0.5, 0.6) is 0 Å². The molecule has 0 radical (unpaired) electrons. The molecule has 3 rings (SSSR count). The molecule has 0 aliphatic heterocycles. The molecule has 1 atom stereocenters. The molecule has 0 saturated heterocycles. The van der Waals surface area contributed by atoms with Crippen LogP contribution in [0.25, 0.3) is 21.9 Å². The Morgan fingerprint density at radius 2 is 1.55 bits per heavy atom. The van der Waals surface area contributed by atoms with Crippen LogP contribution in [0.15, 0.2) is 66.7 Å². The SMILES string of the molecule is NOC(=O)C(O)c1ccccc1-c1cccc2ccccc12. The third-order valence-electron chi connectivity index (χ3n) is 3.67. The number of benzene rings is 3. The summed E-state index contributed by atoms with van der Waals surface area (Å²) >= 11 is 0. The minimum Gasteiger partial charge on any atom is -0.377 e. The van der Waals surface area contributed by atoms with Crippen molar-refractivity contribution in [3.63, 3.8) is 0 Å². The summed E-state index contributed by atoms with van der Waals surface area (Å²) in [6, 6.07) is 21.1. The molecular weight excluding hydrogens is 278 g/mol. The maximum absolute atomic E-state index is 11.6. The van der Waals surface area contributed by atoms with Gasteiger partial charge < -0.3 is 9.94 Å². The maximum Gasteiger partial charge on any atom is 0.358 e. The zero-order valence-electron chi connectivity index (χ0n) is 11.8. The molecule has 0 saturated carbocycles. The molecule has 110 valence electrons. The topological polar surface area (TPSA) is 72.5 Å². The Morgan fingerprint density at radius 1 is 0.909 bits per heavy atom. The second kappa shape index (κ2) is 5.97. The largest absolute Gasteiger partial charge is 0.377 e. The molecule has 4 nitrogen and oxygen atoms in total. The number of aliphatic hydroxyl groups is 1. The van der Waals surface area contributed by atoms with E-state index in [9.17, 15) is 9.90 Å². The quantitative estimate of drug-likeness (QED) is 0.728. The lowest BCUT2D eigenvalue weighted by Crippen LogP contribution is -2.19. The molecule has 0 spiro atoms. The molecule has 3 N–H and O–H groups in total. The Hall–Kier alpha value is -2.69. The second-order valence-electron chi connectivity index (χ2n) is 4.95. The van der Waals surface area contributed by atoms with Crippen molar-refractivity contribution in [3.05, 3.63) is 72.3 Å². The number of carbonyl (C=O) groups excluding carboxylic acids is 1. The smallest absolute Gasteiger partial charge is 0.358 e. The van der Waals surface area contributed by atoms with Crippen LogP contribution >= 0.6 is 0 Å². The fourth-order valence-corrected chi connectivity index (χ4v) is 2.63. The van der Waals surface area contributed by atoms with Gasteiger partial charge in [0.05, 0.1) is 0 Å². The second-order valence-corrected chi connectivity index (χ2v) is 4.95. The van der Waals surface area contributed by atoms with Gasteiger partial charge in [0.1, 0.15) is 0 Å². The average Bonchev–Trinajstić information content (AvgIpc) is 2.60. The zero-order chi connectivity index (χ0) is 15.5. The summed E-state index contributed by atoms with van der Waals surface area (Å²) in [6.45, 7) is 0. The number of rotatable bonds is 3. The van der Waals surface area contributed by atoms with Crippen molar-refractivity contribution in [1.82, 2.24) is 0 Å². The molecule has 0 aromatic heterocycles. The van der Waals surface area contributed by atoms with E-state index in [1.54, 1.807) is 12.1 Å². The van der Waals surface area contributed by atoms with Crippen LogP contribution in [0.4, 0.5) is 0 Å². The minimum absolute atomic E-state index is 0.467. The first-order chi connectivity index (χ1) is 10.7. The van der Waals surface area contributed by atoms with E-state index in [-0.39, 0.29) is 0 Å². The molecule has 3 aromatic carbocycles. The summed E-state index contributed by atoms with van der Waals surface area (Å²) in [5.74, 6) is 4.00. The monoisotopic (exact) mass is 293 g/mol. The average molecular weight is 293 g/mol. The number of fused-ring (bicyclic) bond motifs is 1. The summed E-state index contributed by atoms with van der Waals surface area (Å²) in [5, 5.41) is 12.3. The van der Waals surface area contributed by atoms with Crippen LogP contribution in [-0.2, 0) is 9.63 Å². The molecule has 0 fully saturated rings. The van der Waals surface area contributed by atoms with E-state index in [0.29, 0.717) is 5.56 Å². The van der Waals surface area contributed by atoms with E-state index >= 15 is 0 Å². The van der Waals surface area contributed by atoms with E-state index in [1.165, 1.54) is 0 Å². The maximum atomic E-state index is 11.6. The molecule has 0 heterocycles. The third kappa shape index (κ3) is 2.45. The number of hydrogen-bond donors (Lipinski definition) is 2. The fraction of sp³-hybridized carbons (Fsp3) is 0.0556. The van der Waals surface area contributed by atoms with Crippen molar-refractivity contribution in [2.24, 2.45) is 5.90 Å². The Morgan fingerprint density at radius 3 is 2.36 bits per heavy atom. The highest BCUT2D eigenvalue weighted by atomic mass is 16.7. The highest BCUT2D eigenvalue weighted by Gasteiger charge is 2.22. The first-order valence-electron chi connectivity index (χ1n) is 6.88. The molecule has 0 aliphatic carbocycles. The van der Waals surface area contributed by atoms with Crippen molar-refractivity contribution in [2.45, 2.75) is 6.10 Å². The van der Waals surface area contributed by atoms with Crippen molar-refractivity contribution >= 4 is 16.7 Å². The predicted molar refractivity (Wildman–Crippen MR) is 84.6 cm³/mol. The molecule has 1 unspecified atom stereocenters. The number of nitrogens with two attached hydrogens (primary N) is 1. The summed E-state index contributed by atoms with van der Waals surface area (Å²) in [6.07, 6.45) is -1.42. The Labute approximate surface area is 127 Å². The van der Waals surface area contributed by atoms with Crippen molar-refractivity contribution in [2.75, 3.05) is 0 Å². The van der Waals surface area contributed by atoms with E-state index in [1.807, 2.05) is 54.6 Å². The molecule has 0 amide bonds. The van der Waals surface area contributed by atoms with Crippen molar-refractivity contribution in [3.8, 4) is 11.1 Å². The number of carbonyl (C=O) groups is 1. The van der Waals surface area contributed by atoms with Crippen LogP contribution in [0.2, 0.25) is 0 Å². The Bertz CT molecular complexity index is 824. The number of aliphatic hydroxyl groups excluding tert-OH is 1. The molecule has 4 heteroatoms.